The molecule has 3 heteroatoms. The predicted octanol–water partition coefficient (Wildman–Crippen LogP) is 4.09. The molecule has 0 unspecified atom stereocenters. The van der Waals surface area contributed by atoms with E-state index >= 15 is 0 Å². The van der Waals surface area contributed by atoms with Crippen molar-refractivity contribution < 1.29 is 8.96 Å². The molecule has 0 heterocycles. The second kappa shape index (κ2) is 3.79. The summed E-state index contributed by atoms with van der Waals surface area (Å²) >= 11 is 0. The third-order valence-corrected chi connectivity index (χ3v) is 2.16. The van der Waals surface area contributed by atoms with E-state index in [1.807, 2.05) is 0 Å². The summed E-state index contributed by atoms with van der Waals surface area (Å²) in [5.41, 5.74) is -0.0765. The van der Waals surface area contributed by atoms with Gasteiger partial charge in [0, 0.05) is 24.3 Å². The van der Waals surface area contributed by atoms with Gasteiger partial charge >= 0.3 is 0 Å². The lowest BCUT2D eigenvalue weighted by Gasteiger charge is -2.11. The summed E-state index contributed by atoms with van der Waals surface area (Å²) in [6.07, 6.45) is 0. The van der Waals surface area contributed by atoms with Gasteiger partial charge in [0.2, 0.25) is 11.4 Å². The first-order valence-corrected chi connectivity index (χ1v) is 4.61. The highest BCUT2D eigenvalue weighted by atomic mass is 19.4. The minimum atomic E-state index is -2.22. The molecule has 0 atom stereocenters. The minimum Gasteiger partial charge on any atom is -0.0618 e. The number of hydrogen-bond acceptors (Lipinski definition) is 0. The van der Waals surface area contributed by atoms with Gasteiger partial charge in [0.1, 0.15) is 4.93 Å². The summed E-state index contributed by atoms with van der Waals surface area (Å²) in [6, 6.07) is 15.5. The molecule has 0 bridgehead atoms. The third-order valence-electron chi connectivity index (χ3n) is 2.16. The van der Waals surface area contributed by atoms with Gasteiger partial charge in [-0.3, -0.25) is 0 Å². The molecule has 2 rings (SSSR count). The summed E-state index contributed by atoms with van der Waals surface area (Å²) in [6.45, 7) is 0. The van der Waals surface area contributed by atoms with Crippen LogP contribution in [0.4, 0.5) is 20.3 Å². The number of benzene rings is 2. The molecule has 0 saturated carbocycles. The van der Waals surface area contributed by atoms with Crippen LogP contribution >= 0.6 is 0 Å². The molecule has 0 aliphatic heterocycles. The van der Waals surface area contributed by atoms with Gasteiger partial charge in [0.05, 0.1) is 8.96 Å². The number of rotatable bonds is 2. The monoisotopic (exact) mass is 206 g/mol. The zero-order valence-corrected chi connectivity index (χ0v) is 7.98. The molecule has 0 aliphatic rings. The zero-order chi connectivity index (χ0) is 10.7. The molecule has 0 fully saturated rings. The van der Waals surface area contributed by atoms with E-state index in [1.165, 1.54) is 24.3 Å². The Balaban J connectivity index is 2.44. The molecule has 1 nitrogen and oxygen atoms in total. The van der Waals surface area contributed by atoms with Crippen molar-refractivity contribution in [3.8, 4) is 0 Å². The summed E-state index contributed by atoms with van der Waals surface area (Å²) in [7, 11) is 0. The quantitative estimate of drug-likeness (QED) is 0.649. The second-order valence-electron chi connectivity index (χ2n) is 3.18. The molecule has 0 N–H and O–H groups in total. The Morgan fingerprint density at radius 3 is 1.27 bits per heavy atom. The molecular formula is C12H10F2N+. The molecule has 0 amide bonds. The Labute approximate surface area is 86.7 Å². The fourth-order valence-corrected chi connectivity index (χ4v) is 1.38. The summed E-state index contributed by atoms with van der Waals surface area (Å²) in [5, 5.41) is 0. The average Bonchev–Trinajstić information content (AvgIpc) is 2.31. The summed E-state index contributed by atoms with van der Waals surface area (Å²) in [5.74, 6) is 0. The van der Waals surface area contributed by atoms with Crippen LogP contribution in [-0.4, -0.2) is 0 Å². The second-order valence-corrected chi connectivity index (χ2v) is 3.18. The lowest BCUT2D eigenvalue weighted by Crippen LogP contribution is -2.22. The van der Waals surface area contributed by atoms with E-state index < -0.39 is 4.93 Å². The van der Waals surface area contributed by atoms with Crippen molar-refractivity contribution in [2.75, 3.05) is 0 Å². The van der Waals surface area contributed by atoms with Gasteiger partial charge in [-0.15, -0.1) is 0 Å². The third kappa shape index (κ3) is 1.87. The molecule has 2 aromatic rings. The van der Waals surface area contributed by atoms with Crippen molar-refractivity contribution in [1.29, 1.82) is 0 Å². The van der Waals surface area contributed by atoms with Gasteiger partial charge in [0.25, 0.3) is 0 Å². The predicted molar refractivity (Wildman–Crippen MR) is 56.6 cm³/mol. The van der Waals surface area contributed by atoms with E-state index in [9.17, 15) is 8.96 Å². The van der Waals surface area contributed by atoms with Crippen molar-refractivity contribution in [3.05, 3.63) is 60.7 Å². The first-order valence-electron chi connectivity index (χ1n) is 4.61. The molecule has 0 aliphatic carbocycles. The number of halogens is 2. The highest BCUT2D eigenvalue weighted by Crippen LogP contribution is 2.35. The van der Waals surface area contributed by atoms with E-state index in [0.29, 0.717) is 0 Å². The molecule has 0 spiro atoms. The van der Waals surface area contributed by atoms with Gasteiger partial charge < -0.3 is 0 Å². The van der Waals surface area contributed by atoms with Gasteiger partial charge in [0.15, 0.2) is 0 Å². The average molecular weight is 206 g/mol. The lowest BCUT2D eigenvalue weighted by molar-refractivity contribution is -0.0809. The SMILES string of the molecule is F[N+](F)(c1ccccc1)c1ccccc1. The molecule has 0 radical (unpaired) electrons. The summed E-state index contributed by atoms with van der Waals surface area (Å²) in [4.78, 5) is -2.22. The van der Waals surface area contributed by atoms with Gasteiger partial charge in [-0.2, -0.15) is 0 Å². The minimum absolute atomic E-state index is 0.0382. The Morgan fingerprint density at radius 2 is 0.933 bits per heavy atom. The molecular weight excluding hydrogens is 196 g/mol. The standard InChI is InChI=1S/C12H10F2N/c13-15(14,11-7-3-1-4-8-11)12-9-5-2-6-10-12/h1-10H/q+1. The normalized spacial score (nSPS) is 11.3. The van der Waals surface area contributed by atoms with E-state index in [2.05, 4.69) is 0 Å². The van der Waals surface area contributed by atoms with Crippen molar-refractivity contribution in [2.45, 2.75) is 0 Å². The number of hydrogen-bond donors (Lipinski definition) is 0. The van der Waals surface area contributed by atoms with E-state index in [0.717, 1.165) is 0 Å². The van der Waals surface area contributed by atoms with Crippen LogP contribution in [0, 0.1) is 0 Å². The Morgan fingerprint density at radius 1 is 0.600 bits per heavy atom. The van der Waals surface area contributed by atoms with Gasteiger partial charge in [-0.1, -0.05) is 36.4 Å². The Kier molecular flexibility index (Phi) is 2.47. The van der Waals surface area contributed by atoms with Crippen molar-refractivity contribution in [3.63, 3.8) is 0 Å². The van der Waals surface area contributed by atoms with E-state index in [-0.39, 0.29) is 11.4 Å². The van der Waals surface area contributed by atoms with Crippen LogP contribution in [0.2, 0.25) is 0 Å². The maximum absolute atomic E-state index is 13.8. The van der Waals surface area contributed by atoms with Crippen LogP contribution < -0.4 is 4.93 Å². The van der Waals surface area contributed by atoms with Gasteiger partial charge in [-0.05, 0) is 0 Å². The van der Waals surface area contributed by atoms with Crippen LogP contribution in [0.25, 0.3) is 0 Å². The fourth-order valence-electron chi connectivity index (χ4n) is 1.38. The lowest BCUT2D eigenvalue weighted by atomic mass is 10.2. The maximum Gasteiger partial charge on any atom is 0.219 e. The number of quaternary nitrogens is 1. The first kappa shape index (κ1) is 9.80. The summed E-state index contributed by atoms with van der Waals surface area (Å²) < 4.78 is 27.7. The topological polar surface area (TPSA) is 0 Å². The zero-order valence-electron chi connectivity index (χ0n) is 7.98. The van der Waals surface area contributed by atoms with E-state index in [1.54, 1.807) is 36.4 Å². The van der Waals surface area contributed by atoms with Crippen molar-refractivity contribution in [1.82, 2.24) is 4.93 Å². The Hall–Kier alpha value is -1.74. The molecule has 15 heavy (non-hydrogen) atoms. The van der Waals surface area contributed by atoms with Crippen LogP contribution in [0.5, 0.6) is 0 Å². The van der Waals surface area contributed by atoms with Crippen LogP contribution in [0.3, 0.4) is 0 Å². The van der Waals surface area contributed by atoms with Gasteiger partial charge in [-0.25, -0.2) is 0 Å². The highest BCUT2D eigenvalue weighted by Gasteiger charge is 2.36. The maximum atomic E-state index is 13.8. The van der Waals surface area contributed by atoms with Crippen molar-refractivity contribution >= 4 is 11.4 Å². The number of nitrogens with zero attached hydrogens (tertiary/aromatic N) is 1. The van der Waals surface area contributed by atoms with Crippen LogP contribution in [-0.2, 0) is 0 Å². The number of para-hydroxylation sites is 2. The molecule has 2 aromatic carbocycles. The largest absolute Gasteiger partial charge is 0.219 e. The Bertz CT molecular complexity index is 384. The molecule has 0 saturated heterocycles. The van der Waals surface area contributed by atoms with Crippen molar-refractivity contribution in [2.24, 2.45) is 0 Å². The smallest absolute Gasteiger partial charge is 0.0618 e. The van der Waals surface area contributed by atoms with Crippen LogP contribution in [0.1, 0.15) is 0 Å². The highest BCUT2D eigenvalue weighted by molar-refractivity contribution is 5.52. The van der Waals surface area contributed by atoms with E-state index in [4.69, 9.17) is 0 Å². The van der Waals surface area contributed by atoms with Crippen LogP contribution in [0.15, 0.2) is 60.7 Å². The fraction of sp³-hybridized carbons (Fsp3) is 0. The molecule has 0 aromatic heterocycles. The first-order chi connectivity index (χ1) is 7.21. The molecule has 76 valence electrons.